The molecule has 5 nitrogen and oxygen atoms in total. The maximum Gasteiger partial charge on any atom is 0.254 e. The van der Waals surface area contributed by atoms with Crippen LogP contribution in [0.25, 0.3) is 10.9 Å². The molecule has 3 rings (SSSR count). The molecule has 6 heteroatoms. The number of hydrogen-bond donors (Lipinski definition) is 2. The van der Waals surface area contributed by atoms with Crippen molar-refractivity contribution in [2.24, 2.45) is 5.84 Å². The van der Waals surface area contributed by atoms with Crippen LogP contribution in [0.2, 0.25) is 0 Å². The number of para-hydroxylation sites is 1. The van der Waals surface area contributed by atoms with Crippen LogP contribution in [0, 0.1) is 0 Å². The lowest BCUT2D eigenvalue weighted by molar-refractivity contribution is 0.0750. The number of thioether (sulfide) groups is 1. The number of pyridine rings is 1. The zero-order valence-corrected chi connectivity index (χ0v) is 12.7. The first kappa shape index (κ1) is 14.2. The van der Waals surface area contributed by atoms with E-state index in [1.807, 2.05) is 48.0 Å². The molecule has 3 N–H and O–H groups in total. The minimum atomic E-state index is 0.0256. The van der Waals surface area contributed by atoms with Crippen molar-refractivity contribution in [2.45, 2.75) is 12.5 Å². The first-order valence-electron chi connectivity index (χ1n) is 6.92. The smallest absolute Gasteiger partial charge is 0.254 e. The number of nitrogen functional groups attached to an aromatic ring is 1. The Morgan fingerprint density at radius 2 is 2.29 bits per heavy atom. The van der Waals surface area contributed by atoms with E-state index in [4.69, 9.17) is 5.84 Å². The number of benzene rings is 1. The average Bonchev–Trinajstić information content (AvgIpc) is 3.06. The fourth-order valence-corrected chi connectivity index (χ4v) is 3.88. The van der Waals surface area contributed by atoms with E-state index in [0.29, 0.717) is 17.4 Å². The minimum absolute atomic E-state index is 0.0256. The van der Waals surface area contributed by atoms with Crippen LogP contribution in [0.3, 0.4) is 0 Å². The van der Waals surface area contributed by atoms with Gasteiger partial charge in [0.2, 0.25) is 0 Å². The van der Waals surface area contributed by atoms with E-state index in [2.05, 4.69) is 10.4 Å². The van der Waals surface area contributed by atoms with Crippen molar-refractivity contribution in [3.63, 3.8) is 0 Å². The molecule has 1 unspecified atom stereocenters. The summed E-state index contributed by atoms with van der Waals surface area (Å²) >= 11 is 1.90. The Kier molecular flexibility index (Phi) is 3.98. The van der Waals surface area contributed by atoms with E-state index < -0.39 is 0 Å². The summed E-state index contributed by atoms with van der Waals surface area (Å²) < 4.78 is 0. The topological polar surface area (TPSA) is 71.2 Å². The average molecular weight is 302 g/mol. The summed E-state index contributed by atoms with van der Waals surface area (Å²) in [6, 6.07) is 9.67. The van der Waals surface area contributed by atoms with Gasteiger partial charge in [-0.3, -0.25) is 4.79 Å². The third-order valence-corrected chi connectivity index (χ3v) is 5.01. The highest BCUT2D eigenvalue weighted by Crippen LogP contribution is 2.26. The lowest BCUT2D eigenvalue weighted by Gasteiger charge is -2.24. The van der Waals surface area contributed by atoms with Gasteiger partial charge >= 0.3 is 0 Å². The second-order valence-electron chi connectivity index (χ2n) is 5.15. The van der Waals surface area contributed by atoms with Crippen LogP contribution in [0.5, 0.6) is 0 Å². The molecule has 1 aliphatic rings. The van der Waals surface area contributed by atoms with Gasteiger partial charge in [-0.15, -0.1) is 0 Å². The van der Waals surface area contributed by atoms with Gasteiger partial charge in [-0.2, -0.15) is 11.8 Å². The molecule has 21 heavy (non-hydrogen) atoms. The molecule has 1 aromatic carbocycles. The van der Waals surface area contributed by atoms with Crippen molar-refractivity contribution >= 4 is 34.4 Å². The molecule has 2 heterocycles. The lowest BCUT2D eigenvalue weighted by Crippen LogP contribution is -2.37. The molecule has 0 spiro atoms. The van der Waals surface area contributed by atoms with Gasteiger partial charge in [0.05, 0.1) is 11.1 Å². The van der Waals surface area contributed by atoms with Crippen molar-refractivity contribution in [2.75, 3.05) is 24.0 Å². The van der Waals surface area contributed by atoms with Crippen LogP contribution in [0.15, 0.2) is 30.3 Å². The van der Waals surface area contributed by atoms with E-state index >= 15 is 0 Å². The van der Waals surface area contributed by atoms with Gasteiger partial charge in [0.25, 0.3) is 5.91 Å². The maximum absolute atomic E-state index is 12.8. The minimum Gasteiger partial charge on any atom is -0.338 e. The first-order valence-corrected chi connectivity index (χ1v) is 8.07. The number of fused-ring (bicyclic) bond motifs is 1. The monoisotopic (exact) mass is 302 g/mol. The Hall–Kier alpha value is -1.79. The molecular weight excluding hydrogens is 284 g/mol. The second kappa shape index (κ2) is 5.91. The molecule has 1 amide bonds. The molecule has 0 bridgehead atoms. The fourth-order valence-electron chi connectivity index (χ4n) is 2.61. The Bertz CT molecular complexity index is 670. The SMILES string of the molecule is CN(C(=O)c1cc(NN)nc2ccccc12)C1CCSC1. The number of nitrogens with zero attached hydrogens (tertiary/aromatic N) is 2. The van der Waals surface area contributed by atoms with Crippen molar-refractivity contribution in [3.05, 3.63) is 35.9 Å². The van der Waals surface area contributed by atoms with Crippen LogP contribution < -0.4 is 11.3 Å². The van der Waals surface area contributed by atoms with Crippen LogP contribution in [-0.4, -0.2) is 40.4 Å². The van der Waals surface area contributed by atoms with Gasteiger partial charge in [-0.05, 0) is 24.3 Å². The molecule has 1 aromatic heterocycles. The molecule has 1 fully saturated rings. The number of nitrogens with two attached hydrogens (primary N) is 1. The summed E-state index contributed by atoms with van der Waals surface area (Å²) in [5.74, 6) is 8.13. The summed E-state index contributed by atoms with van der Waals surface area (Å²) in [4.78, 5) is 19.1. The Balaban J connectivity index is 2.03. The van der Waals surface area contributed by atoms with Gasteiger partial charge < -0.3 is 10.3 Å². The van der Waals surface area contributed by atoms with E-state index in [9.17, 15) is 4.79 Å². The van der Waals surface area contributed by atoms with E-state index in [1.165, 1.54) is 0 Å². The number of anilines is 1. The summed E-state index contributed by atoms with van der Waals surface area (Å²) in [7, 11) is 1.88. The quantitative estimate of drug-likeness (QED) is 0.671. The predicted octanol–water partition coefficient (Wildman–Crippen LogP) is 2.10. The highest BCUT2D eigenvalue weighted by molar-refractivity contribution is 7.99. The van der Waals surface area contributed by atoms with Crippen molar-refractivity contribution < 1.29 is 4.79 Å². The van der Waals surface area contributed by atoms with Crippen LogP contribution in [-0.2, 0) is 0 Å². The number of nitrogens with one attached hydrogen (secondary N) is 1. The van der Waals surface area contributed by atoms with Crippen LogP contribution in [0.4, 0.5) is 5.82 Å². The zero-order chi connectivity index (χ0) is 14.8. The Morgan fingerprint density at radius 3 is 3.00 bits per heavy atom. The molecule has 2 aromatic rings. The molecule has 0 saturated carbocycles. The highest BCUT2D eigenvalue weighted by atomic mass is 32.2. The molecular formula is C15H18N4OS. The summed E-state index contributed by atoms with van der Waals surface area (Å²) in [6.45, 7) is 0. The Labute approximate surface area is 127 Å². The zero-order valence-electron chi connectivity index (χ0n) is 11.9. The van der Waals surface area contributed by atoms with Crippen molar-refractivity contribution in [3.8, 4) is 0 Å². The van der Waals surface area contributed by atoms with E-state index in [0.717, 1.165) is 28.8 Å². The molecule has 1 atom stereocenters. The largest absolute Gasteiger partial charge is 0.338 e. The van der Waals surface area contributed by atoms with Gasteiger partial charge in [0.1, 0.15) is 5.82 Å². The third-order valence-electron chi connectivity index (χ3n) is 3.87. The maximum atomic E-state index is 12.8. The van der Waals surface area contributed by atoms with Crippen LogP contribution >= 0.6 is 11.8 Å². The standard InChI is InChI=1S/C15H18N4OS/c1-19(10-6-7-21-9-10)15(20)12-8-14(18-16)17-13-5-3-2-4-11(12)13/h2-5,8,10H,6-7,9,16H2,1H3,(H,17,18). The number of rotatable bonds is 3. The van der Waals surface area contributed by atoms with Gasteiger partial charge in [-0.25, -0.2) is 10.8 Å². The molecule has 0 radical (unpaired) electrons. The molecule has 1 saturated heterocycles. The number of hydrazine groups is 1. The number of amides is 1. The first-order chi connectivity index (χ1) is 10.2. The van der Waals surface area contributed by atoms with E-state index in [-0.39, 0.29) is 5.91 Å². The van der Waals surface area contributed by atoms with Crippen molar-refractivity contribution in [1.29, 1.82) is 0 Å². The number of carbonyl (C=O) groups is 1. The highest BCUT2D eigenvalue weighted by Gasteiger charge is 2.26. The second-order valence-corrected chi connectivity index (χ2v) is 6.30. The molecule has 0 aliphatic carbocycles. The lowest BCUT2D eigenvalue weighted by atomic mass is 10.1. The van der Waals surface area contributed by atoms with Crippen molar-refractivity contribution in [1.82, 2.24) is 9.88 Å². The summed E-state index contributed by atoms with van der Waals surface area (Å²) in [6.07, 6.45) is 1.05. The normalized spacial score (nSPS) is 17.9. The predicted molar refractivity (Wildman–Crippen MR) is 87.4 cm³/mol. The van der Waals surface area contributed by atoms with Gasteiger partial charge in [0, 0.05) is 24.2 Å². The summed E-state index contributed by atoms with van der Waals surface area (Å²) in [5.41, 5.74) is 3.95. The molecule has 1 aliphatic heterocycles. The van der Waals surface area contributed by atoms with Gasteiger partial charge in [0.15, 0.2) is 0 Å². The Morgan fingerprint density at radius 1 is 1.48 bits per heavy atom. The molecule has 110 valence electrons. The number of hydrogen-bond acceptors (Lipinski definition) is 5. The van der Waals surface area contributed by atoms with Crippen LogP contribution in [0.1, 0.15) is 16.8 Å². The summed E-state index contributed by atoms with van der Waals surface area (Å²) in [5, 5.41) is 0.860. The number of aromatic nitrogens is 1. The third kappa shape index (κ3) is 2.69. The number of carbonyl (C=O) groups excluding carboxylic acids is 1. The van der Waals surface area contributed by atoms with Gasteiger partial charge in [-0.1, -0.05) is 18.2 Å². The fraction of sp³-hybridized carbons (Fsp3) is 0.333. The van der Waals surface area contributed by atoms with E-state index in [1.54, 1.807) is 6.07 Å².